The molecule has 4 rings (SSSR count). The fourth-order valence-electron chi connectivity index (χ4n) is 3.21. The largest absolute Gasteiger partial charge is 0.486 e. The van der Waals surface area contributed by atoms with Gasteiger partial charge in [-0.25, -0.2) is 9.18 Å². The average molecular weight is 399 g/mol. The molecule has 3 amide bonds. The molecule has 7 nitrogen and oxygen atoms in total. The molecule has 0 bridgehead atoms. The van der Waals surface area contributed by atoms with Crippen LogP contribution in [0.25, 0.3) is 0 Å². The number of imide groups is 1. The molecule has 0 spiro atoms. The Kier molecular flexibility index (Phi) is 5.62. The summed E-state index contributed by atoms with van der Waals surface area (Å²) in [5, 5.41) is 4.98. The number of anilines is 1. The van der Waals surface area contributed by atoms with Gasteiger partial charge in [-0.1, -0.05) is 12.1 Å². The smallest absolute Gasteiger partial charge is 0.325 e. The first kappa shape index (κ1) is 19.2. The molecule has 0 saturated heterocycles. The first-order valence-corrected chi connectivity index (χ1v) is 9.56. The molecule has 29 heavy (non-hydrogen) atoms. The maximum absolute atomic E-state index is 13.1. The number of nitrogens with one attached hydrogen (secondary N) is 2. The van der Waals surface area contributed by atoms with Crippen molar-refractivity contribution in [3.8, 4) is 11.5 Å². The molecule has 0 radical (unpaired) electrons. The lowest BCUT2D eigenvalue weighted by molar-refractivity contribution is -0.121. The normalized spacial score (nSPS) is 15.1. The zero-order valence-electron chi connectivity index (χ0n) is 15.8. The number of amides is 3. The third-order valence-corrected chi connectivity index (χ3v) is 4.76. The zero-order valence-corrected chi connectivity index (χ0v) is 15.8. The van der Waals surface area contributed by atoms with Gasteiger partial charge in [-0.2, -0.15) is 0 Å². The summed E-state index contributed by atoms with van der Waals surface area (Å²) in [6, 6.07) is 11.0. The fourth-order valence-corrected chi connectivity index (χ4v) is 3.21. The van der Waals surface area contributed by atoms with Crippen LogP contribution in [0.15, 0.2) is 42.5 Å². The van der Waals surface area contributed by atoms with Gasteiger partial charge in [0, 0.05) is 24.3 Å². The van der Waals surface area contributed by atoms with Crippen molar-refractivity contribution >= 4 is 17.6 Å². The number of carbonyl (C=O) groups excluding carboxylic acids is 2. The Balaban J connectivity index is 1.30. The Hall–Kier alpha value is -3.13. The maximum Gasteiger partial charge on any atom is 0.325 e. The fraction of sp³-hybridized carbons (Fsp3) is 0.333. The van der Waals surface area contributed by atoms with E-state index in [2.05, 4.69) is 10.6 Å². The van der Waals surface area contributed by atoms with E-state index in [4.69, 9.17) is 9.47 Å². The summed E-state index contributed by atoms with van der Waals surface area (Å²) in [6.45, 7) is 1.56. The van der Waals surface area contributed by atoms with Crippen LogP contribution in [0, 0.1) is 5.82 Å². The van der Waals surface area contributed by atoms with Crippen molar-refractivity contribution in [1.82, 2.24) is 10.2 Å². The minimum absolute atomic E-state index is 0.0939. The van der Waals surface area contributed by atoms with Gasteiger partial charge < -0.3 is 14.8 Å². The van der Waals surface area contributed by atoms with Gasteiger partial charge >= 0.3 is 6.03 Å². The van der Waals surface area contributed by atoms with Crippen molar-refractivity contribution in [2.24, 2.45) is 0 Å². The summed E-state index contributed by atoms with van der Waals surface area (Å²) >= 11 is 0. The van der Waals surface area contributed by atoms with Gasteiger partial charge in [0.05, 0.1) is 6.54 Å². The average Bonchev–Trinajstić information content (AvgIpc) is 3.54. The molecular formula is C21H22FN3O4. The number of urea groups is 1. The van der Waals surface area contributed by atoms with Crippen molar-refractivity contribution in [3.05, 3.63) is 53.8 Å². The molecule has 0 aromatic heterocycles. The van der Waals surface area contributed by atoms with Gasteiger partial charge in [0.15, 0.2) is 11.5 Å². The molecule has 2 N–H and O–H groups in total. The molecule has 1 aliphatic heterocycles. The van der Waals surface area contributed by atoms with E-state index in [0.717, 1.165) is 18.4 Å². The van der Waals surface area contributed by atoms with E-state index in [1.54, 1.807) is 30.3 Å². The van der Waals surface area contributed by atoms with E-state index < -0.39 is 11.9 Å². The number of hydrogen-bond acceptors (Lipinski definition) is 5. The van der Waals surface area contributed by atoms with Crippen molar-refractivity contribution in [1.29, 1.82) is 0 Å². The number of carbonyl (C=O) groups is 2. The Morgan fingerprint density at radius 3 is 2.48 bits per heavy atom. The number of fused-ring (bicyclic) bond motifs is 1. The van der Waals surface area contributed by atoms with Crippen LogP contribution in [0.5, 0.6) is 11.5 Å². The second-order valence-corrected chi connectivity index (χ2v) is 7.12. The maximum atomic E-state index is 13.1. The van der Waals surface area contributed by atoms with E-state index in [0.29, 0.717) is 43.0 Å². The lowest BCUT2D eigenvalue weighted by Gasteiger charge is -2.21. The van der Waals surface area contributed by atoms with Gasteiger partial charge in [0.1, 0.15) is 19.0 Å². The second kappa shape index (κ2) is 8.48. The molecule has 1 aliphatic carbocycles. The minimum atomic E-state index is -0.607. The lowest BCUT2D eigenvalue weighted by Crippen LogP contribution is -2.42. The summed E-state index contributed by atoms with van der Waals surface area (Å²) in [4.78, 5) is 26.5. The number of hydrogen-bond donors (Lipinski definition) is 2. The second-order valence-electron chi connectivity index (χ2n) is 7.12. The molecule has 8 heteroatoms. The number of halogens is 1. The number of rotatable bonds is 6. The summed E-state index contributed by atoms with van der Waals surface area (Å²) < 4.78 is 24.0. The molecule has 2 aromatic carbocycles. The highest BCUT2D eigenvalue weighted by Crippen LogP contribution is 2.32. The van der Waals surface area contributed by atoms with Crippen LogP contribution >= 0.6 is 0 Å². The summed E-state index contributed by atoms with van der Waals surface area (Å²) in [7, 11) is 0. The van der Waals surface area contributed by atoms with E-state index >= 15 is 0 Å². The first-order valence-electron chi connectivity index (χ1n) is 9.56. The standard InChI is InChI=1S/C21H22FN3O4/c22-15-3-1-14(2-4-15)12-25(17-6-7-17)13-20(26)24-21(27)23-16-5-8-18-19(11-16)29-10-9-28-18/h1-5,8,11,17H,6-7,9-10,12-13H2,(H2,23,24,26,27). The third kappa shape index (κ3) is 5.23. The van der Waals surface area contributed by atoms with E-state index in [1.165, 1.54) is 12.1 Å². The van der Waals surface area contributed by atoms with Gasteiger partial charge in [-0.05, 0) is 42.7 Å². The van der Waals surface area contributed by atoms with Crippen LogP contribution in [-0.2, 0) is 11.3 Å². The Morgan fingerprint density at radius 2 is 1.76 bits per heavy atom. The summed E-state index contributed by atoms with van der Waals surface area (Å²) in [5.41, 5.74) is 1.43. The van der Waals surface area contributed by atoms with Gasteiger partial charge in [0.2, 0.25) is 5.91 Å². The molecule has 1 fully saturated rings. The van der Waals surface area contributed by atoms with Gasteiger partial charge in [-0.15, -0.1) is 0 Å². The summed E-state index contributed by atoms with van der Waals surface area (Å²) in [5.74, 6) is 0.494. The van der Waals surface area contributed by atoms with Crippen LogP contribution in [0.3, 0.4) is 0 Å². The van der Waals surface area contributed by atoms with E-state index in [1.807, 2.05) is 4.90 Å². The van der Waals surface area contributed by atoms with Gasteiger partial charge in [0.25, 0.3) is 0 Å². The summed E-state index contributed by atoms with van der Waals surface area (Å²) in [6.07, 6.45) is 2.02. The molecule has 0 atom stereocenters. The van der Waals surface area contributed by atoms with Crippen molar-refractivity contribution in [3.63, 3.8) is 0 Å². The molecular weight excluding hydrogens is 377 g/mol. The Bertz CT molecular complexity index is 899. The predicted octanol–water partition coefficient (Wildman–Crippen LogP) is 2.91. The zero-order chi connectivity index (χ0) is 20.2. The Morgan fingerprint density at radius 1 is 1.03 bits per heavy atom. The molecule has 2 aromatic rings. The number of nitrogens with zero attached hydrogens (tertiary/aromatic N) is 1. The predicted molar refractivity (Wildman–Crippen MR) is 104 cm³/mol. The topological polar surface area (TPSA) is 79.9 Å². The van der Waals surface area contributed by atoms with E-state index in [-0.39, 0.29) is 12.4 Å². The van der Waals surface area contributed by atoms with Crippen LogP contribution in [0.2, 0.25) is 0 Å². The van der Waals surface area contributed by atoms with Crippen molar-refractivity contribution in [2.45, 2.75) is 25.4 Å². The quantitative estimate of drug-likeness (QED) is 0.781. The number of benzene rings is 2. The molecule has 2 aliphatic rings. The number of ether oxygens (including phenoxy) is 2. The minimum Gasteiger partial charge on any atom is -0.486 e. The molecule has 1 heterocycles. The molecule has 1 saturated carbocycles. The highest BCUT2D eigenvalue weighted by atomic mass is 19.1. The molecule has 152 valence electrons. The van der Waals surface area contributed by atoms with Crippen molar-refractivity contribution in [2.75, 3.05) is 25.1 Å². The van der Waals surface area contributed by atoms with Crippen LogP contribution in [-0.4, -0.2) is 42.6 Å². The van der Waals surface area contributed by atoms with E-state index in [9.17, 15) is 14.0 Å². The first-order chi connectivity index (χ1) is 14.1. The SMILES string of the molecule is O=C(CN(Cc1ccc(F)cc1)C1CC1)NC(=O)Nc1ccc2c(c1)OCCO2. The van der Waals surface area contributed by atoms with Crippen LogP contribution in [0.1, 0.15) is 18.4 Å². The monoisotopic (exact) mass is 399 g/mol. The van der Waals surface area contributed by atoms with Gasteiger partial charge in [-0.3, -0.25) is 15.0 Å². The van der Waals surface area contributed by atoms with Crippen molar-refractivity contribution < 1.29 is 23.5 Å². The Labute approximate surface area is 167 Å². The highest BCUT2D eigenvalue weighted by Gasteiger charge is 2.30. The highest BCUT2D eigenvalue weighted by molar-refractivity contribution is 6.01. The molecule has 0 unspecified atom stereocenters. The van der Waals surface area contributed by atoms with Crippen LogP contribution in [0.4, 0.5) is 14.9 Å². The third-order valence-electron chi connectivity index (χ3n) is 4.76. The van der Waals surface area contributed by atoms with Crippen LogP contribution < -0.4 is 20.1 Å². The lowest BCUT2D eigenvalue weighted by atomic mass is 10.2.